The number of likely N-dealkylation sites (N-methyl/N-ethyl adjacent to an activating group) is 1. The van der Waals surface area contributed by atoms with Crippen molar-refractivity contribution in [3.05, 3.63) is 0 Å². The van der Waals surface area contributed by atoms with E-state index in [2.05, 4.69) is 17.1 Å². The van der Waals surface area contributed by atoms with Gasteiger partial charge in [-0.3, -0.25) is 4.90 Å². The zero-order chi connectivity index (χ0) is 9.10. The first-order valence-electron chi connectivity index (χ1n) is 5.46. The van der Waals surface area contributed by atoms with Gasteiger partial charge in [0.1, 0.15) is 0 Å². The molecular weight excluding hydrogens is 235 g/mol. The van der Waals surface area contributed by atoms with Gasteiger partial charge in [-0.05, 0) is 19.4 Å². The first-order chi connectivity index (χ1) is 6.42. The predicted octanol–water partition coefficient (Wildman–Crippen LogP) is 1.30. The molecule has 0 unspecified atom stereocenters. The molecule has 0 saturated carbocycles. The SMILES string of the molecule is CCN(C1CCOCC1)C1CNC1.Cl.Cl. The second-order valence-corrected chi connectivity index (χ2v) is 3.99. The Hall–Kier alpha value is 0.460. The van der Waals surface area contributed by atoms with Crippen LogP contribution in [0.5, 0.6) is 0 Å². The van der Waals surface area contributed by atoms with E-state index in [9.17, 15) is 0 Å². The molecular formula is C10H22Cl2N2O. The second-order valence-electron chi connectivity index (χ2n) is 3.99. The molecule has 5 heteroatoms. The molecule has 92 valence electrons. The number of rotatable bonds is 3. The maximum Gasteiger partial charge on any atom is 0.0480 e. The van der Waals surface area contributed by atoms with Crippen molar-refractivity contribution in [2.24, 2.45) is 0 Å². The van der Waals surface area contributed by atoms with E-state index < -0.39 is 0 Å². The summed E-state index contributed by atoms with van der Waals surface area (Å²) in [4.78, 5) is 2.65. The van der Waals surface area contributed by atoms with Gasteiger partial charge >= 0.3 is 0 Å². The van der Waals surface area contributed by atoms with Crippen LogP contribution in [0.2, 0.25) is 0 Å². The molecule has 2 fully saturated rings. The summed E-state index contributed by atoms with van der Waals surface area (Å²) >= 11 is 0. The molecule has 15 heavy (non-hydrogen) atoms. The van der Waals surface area contributed by atoms with E-state index in [1.807, 2.05) is 0 Å². The topological polar surface area (TPSA) is 24.5 Å². The third-order valence-electron chi connectivity index (χ3n) is 3.25. The number of hydrogen-bond donors (Lipinski definition) is 1. The highest BCUT2D eigenvalue weighted by molar-refractivity contribution is 5.85. The van der Waals surface area contributed by atoms with Crippen LogP contribution in [-0.2, 0) is 4.74 Å². The van der Waals surface area contributed by atoms with Crippen LogP contribution in [0.25, 0.3) is 0 Å². The van der Waals surface area contributed by atoms with Crippen LogP contribution in [-0.4, -0.2) is 49.8 Å². The lowest BCUT2D eigenvalue weighted by atomic mass is 10.0. The number of ether oxygens (including phenoxy) is 1. The highest BCUT2D eigenvalue weighted by Crippen LogP contribution is 2.18. The Morgan fingerprint density at radius 1 is 1.13 bits per heavy atom. The maximum absolute atomic E-state index is 5.38. The molecule has 1 N–H and O–H groups in total. The zero-order valence-electron chi connectivity index (χ0n) is 9.28. The van der Waals surface area contributed by atoms with Gasteiger partial charge in [0.15, 0.2) is 0 Å². The smallest absolute Gasteiger partial charge is 0.0480 e. The molecule has 0 aliphatic carbocycles. The van der Waals surface area contributed by atoms with Gasteiger partial charge in [-0.15, -0.1) is 24.8 Å². The predicted molar refractivity (Wildman–Crippen MR) is 67.4 cm³/mol. The lowest BCUT2D eigenvalue weighted by Gasteiger charge is -2.43. The van der Waals surface area contributed by atoms with Crippen molar-refractivity contribution in [2.45, 2.75) is 31.8 Å². The minimum absolute atomic E-state index is 0. The number of hydrogen-bond acceptors (Lipinski definition) is 3. The first-order valence-corrected chi connectivity index (χ1v) is 5.46. The summed E-state index contributed by atoms with van der Waals surface area (Å²) in [5, 5.41) is 3.34. The van der Waals surface area contributed by atoms with E-state index in [1.165, 1.54) is 32.5 Å². The third kappa shape index (κ3) is 3.75. The fourth-order valence-corrected chi connectivity index (χ4v) is 2.34. The van der Waals surface area contributed by atoms with Crippen LogP contribution in [0.3, 0.4) is 0 Å². The molecule has 2 saturated heterocycles. The first kappa shape index (κ1) is 15.5. The van der Waals surface area contributed by atoms with Gasteiger partial charge in [0.2, 0.25) is 0 Å². The molecule has 0 spiro atoms. The van der Waals surface area contributed by atoms with Gasteiger partial charge in [-0.2, -0.15) is 0 Å². The lowest BCUT2D eigenvalue weighted by molar-refractivity contribution is 0.00857. The minimum atomic E-state index is 0. The normalized spacial score (nSPS) is 22.8. The molecule has 0 radical (unpaired) electrons. The summed E-state index contributed by atoms with van der Waals surface area (Å²) in [5.74, 6) is 0. The maximum atomic E-state index is 5.38. The van der Waals surface area contributed by atoms with Gasteiger partial charge in [0.05, 0.1) is 0 Å². The lowest BCUT2D eigenvalue weighted by Crippen LogP contribution is -2.60. The van der Waals surface area contributed by atoms with Crippen LogP contribution in [0.4, 0.5) is 0 Å². The standard InChI is InChI=1S/C10H20N2O.2ClH/c1-2-12(10-7-11-8-10)9-3-5-13-6-4-9;;/h9-11H,2-8H2,1H3;2*1H. The van der Waals surface area contributed by atoms with Gasteiger partial charge < -0.3 is 10.1 Å². The fourth-order valence-electron chi connectivity index (χ4n) is 2.34. The van der Waals surface area contributed by atoms with Crippen molar-refractivity contribution in [3.8, 4) is 0 Å². The minimum Gasteiger partial charge on any atom is -0.381 e. The van der Waals surface area contributed by atoms with Crippen LogP contribution in [0.15, 0.2) is 0 Å². The highest BCUT2D eigenvalue weighted by atomic mass is 35.5. The van der Waals surface area contributed by atoms with Crippen molar-refractivity contribution < 1.29 is 4.74 Å². The van der Waals surface area contributed by atoms with E-state index >= 15 is 0 Å². The van der Waals surface area contributed by atoms with Crippen molar-refractivity contribution in [1.29, 1.82) is 0 Å². The molecule has 0 atom stereocenters. The average molecular weight is 257 g/mol. The summed E-state index contributed by atoms with van der Waals surface area (Å²) in [7, 11) is 0. The fraction of sp³-hybridized carbons (Fsp3) is 1.00. The summed E-state index contributed by atoms with van der Waals surface area (Å²) in [6, 6.07) is 1.58. The Bertz CT molecular complexity index is 162. The highest BCUT2D eigenvalue weighted by Gasteiger charge is 2.29. The zero-order valence-corrected chi connectivity index (χ0v) is 10.9. The summed E-state index contributed by atoms with van der Waals surface area (Å²) < 4.78 is 5.38. The summed E-state index contributed by atoms with van der Waals surface area (Å²) in [6.45, 7) is 7.75. The molecule has 2 aliphatic rings. The van der Waals surface area contributed by atoms with E-state index in [4.69, 9.17) is 4.74 Å². The van der Waals surface area contributed by atoms with Gasteiger partial charge in [0, 0.05) is 38.4 Å². The van der Waals surface area contributed by atoms with Crippen molar-refractivity contribution >= 4 is 24.8 Å². The Balaban J connectivity index is 0.000000980. The van der Waals surface area contributed by atoms with E-state index in [0.717, 1.165) is 25.3 Å². The van der Waals surface area contributed by atoms with E-state index in [0.29, 0.717) is 0 Å². The average Bonchev–Trinajstić information content (AvgIpc) is 2.12. The second kappa shape index (κ2) is 7.69. The molecule has 2 heterocycles. The molecule has 0 bridgehead atoms. The number of nitrogens with zero attached hydrogens (tertiary/aromatic N) is 1. The summed E-state index contributed by atoms with van der Waals surface area (Å²) in [5.41, 5.74) is 0. The molecule has 3 nitrogen and oxygen atoms in total. The largest absolute Gasteiger partial charge is 0.381 e. The van der Waals surface area contributed by atoms with Crippen LogP contribution in [0, 0.1) is 0 Å². The Kier molecular flexibility index (Phi) is 7.92. The monoisotopic (exact) mass is 256 g/mol. The molecule has 2 rings (SSSR count). The van der Waals surface area contributed by atoms with Crippen LogP contribution in [0.1, 0.15) is 19.8 Å². The van der Waals surface area contributed by atoms with Crippen molar-refractivity contribution in [1.82, 2.24) is 10.2 Å². The van der Waals surface area contributed by atoms with Crippen LogP contribution >= 0.6 is 24.8 Å². The van der Waals surface area contributed by atoms with Gasteiger partial charge in [-0.1, -0.05) is 6.92 Å². The quantitative estimate of drug-likeness (QED) is 0.825. The van der Waals surface area contributed by atoms with E-state index in [-0.39, 0.29) is 24.8 Å². The Labute approximate surface area is 105 Å². The Morgan fingerprint density at radius 3 is 2.13 bits per heavy atom. The number of halogens is 2. The molecule has 2 aliphatic heterocycles. The molecule has 0 amide bonds. The molecule has 0 aromatic heterocycles. The van der Waals surface area contributed by atoms with E-state index in [1.54, 1.807) is 0 Å². The number of nitrogens with one attached hydrogen (secondary N) is 1. The van der Waals surface area contributed by atoms with Crippen molar-refractivity contribution in [2.75, 3.05) is 32.8 Å². The van der Waals surface area contributed by atoms with Crippen molar-refractivity contribution in [3.63, 3.8) is 0 Å². The molecule has 0 aromatic rings. The van der Waals surface area contributed by atoms with Crippen LogP contribution < -0.4 is 5.32 Å². The van der Waals surface area contributed by atoms with Gasteiger partial charge in [-0.25, -0.2) is 0 Å². The summed E-state index contributed by atoms with van der Waals surface area (Å²) in [6.07, 6.45) is 2.45. The molecule has 0 aromatic carbocycles. The van der Waals surface area contributed by atoms with Gasteiger partial charge in [0.25, 0.3) is 0 Å². The Morgan fingerprint density at radius 2 is 1.73 bits per heavy atom. The third-order valence-corrected chi connectivity index (χ3v) is 3.25.